The quantitative estimate of drug-likeness (QED) is 0.851. The number of hydrogen-bond acceptors (Lipinski definition) is 3. The summed E-state index contributed by atoms with van der Waals surface area (Å²) in [5, 5.41) is 3.09. The van der Waals surface area contributed by atoms with Crippen molar-refractivity contribution in [3.8, 4) is 0 Å². The number of aryl methyl sites for hydroxylation is 1. The lowest BCUT2D eigenvalue weighted by Gasteiger charge is -2.35. The van der Waals surface area contributed by atoms with Crippen LogP contribution in [-0.2, 0) is 29.0 Å². The van der Waals surface area contributed by atoms with Crippen LogP contribution in [0.25, 0.3) is 0 Å². The molecule has 4 heteroatoms. The summed E-state index contributed by atoms with van der Waals surface area (Å²) in [6.07, 6.45) is 0.942. The number of morpholine rings is 1. The van der Waals surface area contributed by atoms with Gasteiger partial charge in [-0.1, -0.05) is 48.5 Å². The van der Waals surface area contributed by atoms with Gasteiger partial charge in [0.1, 0.15) is 0 Å². The molecule has 2 aromatic rings. The second-order valence-corrected chi connectivity index (χ2v) is 7.60. The van der Waals surface area contributed by atoms with Crippen LogP contribution in [-0.4, -0.2) is 36.1 Å². The van der Waals surface area contributed by atoms with E-state index in [9.17, 15) is 4.79 Å². The Balaban J connectivity index is 1.59. The molecule has 0 spiro atoms. The van der Waals surface area contributed by atoms with Gasteiger partial charge in [0.25, 0.3) is 0 Å². The highest BCUT2D eigenvalue weighted by Gasteiger charge is 2.22. The van der Waals surface area contributed by atoms with E-state index in [1.54, 1.807) is 0 Å². The second-order valence-electron chi connectivity index (χ2n) is 7.60. The van der Waals surface area contributed by atoms with Gasteiger partial charge in [-0.15, -0.1) is 0 Å². The number of benzene rings is 2. The van der Waals surface area contributed by atoms with Gasteiger partial charge in [0, 0.05) is 26.2 Å². The summed E-state index contributed by atoms with van der Waals surface area (Å²) in [5.41, 5.74) is 4.70. The lowest BCUT2D eigenvalue weighted by atomic mass is 10.0. The molecule has 1 aliphatic heterocycles. The SMILES string of the molecule is Cc1ccccc1CC(=O)NCc1ccccc1CN1C[C@@H](C)O[C@H](C)C1. The molecule has 0 unspecified atom stereocenters. The van der Waals surface area contributed by atoms with Crippen molar-refractivity contribution in [1.29, 1.82) is 0 Å². The largest absolute Gasteiger partial charge is 0.373 e. The van der Waals surface area contributed by atoms with Gasteiger partial charge in [0.15, 0.2) is 0 Å². The maximum atomic E-state index is 12.4. The Hall–Kier alpha value is -2.17. The maximum Gasteiger partial charge on any atom is 0.224 e. The molecule has 1 N–H and O–H groups in total. The highest BCUT2D eigenvalue weighted by molar-refractivity contribution is 5.78. The number of carbonyl (C=O) groups is 1. The van der Waals surface area contributed by atoms with Crippen molar-refractivity contribution in [2.45, 2.75) is 52.5 Å². The third-order valence-electron chi connectivity index (χ3n) is 5.10. The molecule has 4 nitrogen and oxygen atoms in total. The van der Waals surface area contributed by atoms with Crippen LogP contribution >= 0.6 is 0 Å². The van der Waals surface area contributed by atoms with E-state index in [0.29, 0.717) is 13.0 Å². The maximum absolute atomic E-state index is 12.4. The molecule has 1 heterocycles. The Bertz CT molecular complexity index is 764. The van der Waals surface area contributed by atoms with Crippen LogP contribution in [0.3, 0.4) is 0 Å². The minimum absolute atomic E-state index is 0.0627. The van der Waals surface area contributed by atoms with Crippen LogP contribution < -0.4 is 5.32 Å². The summed E-state index contributed by atoms with van der Waals surface area (Å²) in [5.74, 6) is 0.0627. The average molecular weight is 367 g/mol. The van der Waals surface area contributed by atoms with Crippen molar-refractivity contribution in [3.05, 3.63) is 70.8 Å². The first-order valence-electron chi connectivity index (χ1n) is 9.77. The molecule has 1 saturated heterocycles. The van der Waals surface area contributed by atoms with E-state index >= 15 is 0 Å². The van der Waals surface area contributed by atoms with E-state index in [4.69, 9.17) is 4.74 Å². The Kier molecular flexibility index (Phi) is 6.64. The third kappa shape index (κ3) is 5.65. The summed E-state index contributed by atoms with van der Waals surface area (Å²) in [4.78, 5) is 14.8. The number of carbonyl (C=O) groups excluding carboxylic acids is 1. The van der Waals surface area contributed by atoms with Crippen LogP contribution in [0, 0.1) is 6.92 Å². The fraction of sp³-hybridized carbons (Fsp3) is 0.435. The summed E-state index contributed by atoms with van der Waals surface area (Å²) >= 11 is 0. The van der Waals surface area contributed by atoms with Gasteiger partial charge in [-0.3, -0.25) is 9.69 Å². The van der Waals surface area contributed by atoms with E-state index < -0.39 is 0 Å². The molecule has 0 aromatic heterocycles. The number of nitrogens with one attached hydrogen (secondary N) is 1. The molecular formula is C23H30N2O2. The Morgan fingerprint density at radius 3 is 2.26 bits per heavy atom. The van der Waals surface area contributed by atoms with Gasteiger partial charge in [0.2, 0.25) is 5.91 Å². The van der Waals surface area contributed by atoms with Crippen molar-refractivity contribution in [2.75, 3.05) is 13.1 Å². The fourth-order valence-corrected chi connectivity index (χ4v) is 3.78. The summed E-state index contributed by atoms with van der Waals surface area (Å²) in [7, 11) is 0. The molecule has 0 aliphatic carbocycles. The van der Waals surface area contributed by atoms with Crippen molar-refractivity contribution in [3.63, 3.8) is 0 Å². The number of amides is 1. The summed E-state index contributed by atoms with van der Waals surface area (Å²) < 4.78 is 5.83. The first-order chi connectivity index (χ1) is 13.0. The molecule has 1 aliphatic rings. The molecule has 2 aromatic carbocycles. The van der Waals surface area contributed by atoms with E-state index in [1.165, 1.54) is 11.1 Å². The fourth-order valence-electron chi connectivity index (χ4n) is 3.78. The number of hydrogen-bond donors (Lipinski definition) is 1. The van der Waals surface area contributed by atoms with Crippen LogP contribution in [0.4, 0.5) is 0 Å². The molecule has 0 bridgehead atoms. The molecule has 1 amide bonds. The second kappa shape index (κ2) is 9.16. The van der Waals surface area contributed by atoms with E-state index in [0.717, 1.165) is 30.8 Å². The van der Waals surface area contributed by atoms with Crippen molar-refractivity contribution < 1.29 is 9.53 Å². The van der Waals surface area contributed by atoms with Crippen LogP contribution in [0.5, 0.6) is 0 Å². The van der Waals surface area contributed by atoms with E-state index in [1.807, 2.05) is 37.3 Å². The van der Waals surface area contributed by atoms with Gasteiger partial charge < -0.3 is 10.1 Å². The number of rotatable bonds is 6. The van der Waals surface area contributed by atoms with Crippen LogP contribution in [0.2, 0.25) is 0 Å². The van der Waals surface area contributed by atoms with Crippen LogP contribution in [0.15, 0.2) is 48.5 Å². The first kappa shape index (κ1) is 19.6. The molecule has 1 fully saturated rings. The summed E-state index contributed by atoms with van der Waals surface area (Å²) in [6.45, 7) is 9.64. The topological polar surface area (TPSA) is 41.6 Å². The Labute approximate surface area is 162 Å². The molecular weight excluding hydrogens is 336 g/mol. The zero-order chi connectivity index (χ0) is 19.2. The predicted molar refractivity (Wildman–Crippen MR) is 108 cm³/mol. The first-order valence-corrected chi connectivity index (χ1v) is 9.77. The number of ether oxygens (including phenoxy) is 1. The highest BCUT2D eigenvalue weighted by Crippen LogP contribution is 2.17. The molecule has 3 rings (SSSR count). The Morgan fingerprint density at radius 1 is 1.00 bits per heavy atom. The summed E-state index contributed by atoms with van der Waals surface area (Å²) in [6, 6.07) is 16.4. The zero-order valence-corrected chi connectivity index (χ0v) is 16.6. The van der Waals surface area contributed by atoms with Gasteiger partial charge >= 0.3 is 0 Å². The van der Waals surface area contributed by atoms with Crippen LogP contribution in [0.1, 0.15) is 36.1 Å². The van der Waals surface area contributed by atoms with E-state index in [-0.39, 0.29) is 18.1 Å². The molecule has 0 saturated carbocycles. The normalized spacial score (nSPS) is 20.4. The molecule has 144 valence electrons. The third-order valence-corrected chi connectivity index (χ3v) is 5.10. The molecule has 0 radical (unpaired) electrons. The van der Waals surface area contributed by atoms with Gasteiger partial charge in [-0.05, 0) is 43.0 Å². The smallest absolute Gasteiger partial charge is 0.224 e. The average Bonchev–Trinajstić information content (AvgIpc) is 2.62. The monoisotopic (exact) mass is 366 g/mol. The van der Waals surface area contributed by atoms with Crippen molar-refractivity contribution >= 4 is 5.91 Å². The standard InChI is InChI=1S/C23H30N2O2/c1-17-8-4-5-9-20(17)12-23(26)24-13-21-10-6-7-11-22(21)16-25-14-18(2)27-19(3)15-25/h4-11,18-19H,12-16H2,1-3H3,(H,24,26)/t18-,19-/m1/s1. The minimum Gasteiger partial charge on any atom is -0.373 e. The molecule has 2 atom stereocenters. The van der Waals surface area contributed by atoms with Crippen molar-refractivity contribution in [1.82, 2.24) is 10.2 Å². The van der Waals surface area contributed by atoms with E-state index in [2.05, 4.69) is 42.3 Å². The Morgan fingerprint density at radius 2 is 1.59 bits per heavy atom. The van der Waals surface area contributed by atoms with Crippen molar-refractivity contribution in [2.24, 2.45) is 0 Å². The van der Waals surface area contributed by atoms with Gasteiger partial charge in [-0.2, -0.15) is 0 Å². The van der Waals surface area contributed by atoms with Gasteiger partial charge in [-0.25, -0.2) is 0 Å². The minimum atomic E-state index is 0.0627. The lowest BCUT2D eigenvalue weighted by molar-refractivity contribution is -0.120. The molecule has 27 heavy (non-hydrogen) atoms. The zero-order valence-electron chi connectivity index (χ0n) is 16.6. The lowest BCUT2D eigenvalue weighted by Crippen LogP contribution is -2.45. The van der Waals surface area contributed by atoms with Gasteiger partial charge in [0.05, 0.1) is 18.6 Å². The number of nitrogens with zero attached hydrogens (tertiary/aromatic N) is 1. The highest BCUT2D eigenvalue weighted by atomic mass is 16.5. The predicted octanol–water partition coefficient (Wildman–Crippen LogP) is 3.46.